The van der Waals surface area contributed by atoms with Crippen LogP contribution in [0.5, 0.6) is 0 Å². The second-order valence-electron chi connectivity index (χ2n) is 11.5. The van der Waals surface area contributed by atoms with Gasteiger partial charge in [0.05, 0.1) is 30.1 Å². The molecule has 0 radical (unpaired) electrons. The summed E-state index contributed by atoms with van der Waals surface area (Å²) in [4.78, 5) is 30.7. The van der Waals surface area contributed by atoms with Crippen molar-refractivity contribution in [3.63, 3.8) is 0 Å². The zero-order valence-electron chi connectivity index (χ0n) is 23.7. The summed E-state index contributed by atoms with van der Waals surface area (Å²) < 4.78 is 58.4. The Morgan fingerprint density at radius 2 is 1.65 bits per heavy atom. The number of halogens is 1. The third-order valence-corrected chi connectivity index (χ3v) is 13.2. The number of hydrogen-bond donors (Lipinski definition) is 1. The number of carbonyl (C=O) groups is 2. The van der Waals surface area contributed by atoms with Crippen molar-refractivity contribution in [2.24, 2.45) is 0 Å². The number of piperazine rings is 1. The smallest absolute Gasteiger partial charge is 0.269 e. The highest BCUT2D eigenvalue weighted by atomic mass is 35.5. The number of aliphatic hydroxyl groups is 1. The van der Waals surface area contributed by atoms with Crippen LogP contribution < -0.4 is 0 Å². The molecule has 3 aromatic rings. The number of rotatable bonds is 5. The van der Waals surface area contributed by atoms with E-state index in [1.54, 1.807) is 35.0 Å². The highest BCUT2D eigenvalue weighted by Crippen LogP contribution is 2.45. The van der Waals surface area contributed by atoms with E-state index in [9.17, 15) is 31.5 Å². The summed E-state index contributed by atoms with van der Waals surface area (Å²) in [5, 5.41) is 10.8. The number of carbonyl (C=O) groups excluding carboxylic acids is 2. The van der Waals surface area contributed by atoms with Crippen LogP contribution >= 0.6 is 11.6 Å². The Morgan fingerprint density at radius 3 is 2.28 bits per heavy atom. The van der Waals surface area contributed by atoms with Gasteiger partial charge in [-0.2, -0.15) is 4.31 Å². The van der Waals surface area contributed by atoms with Gasteiger partial charge in [-0.25, -0.2) is 20.8 Å². The van der Waals surface area contributed by atoms with Crippen molar-refractivity contribution in [2.75, 3.05) is 46.4 Å². The van der Waals surface area contributed by atoms with E-state index in [4.69, 9.17) is 11.6 Å². The Bertz CT molecular complexity index is 1840. The number of likely N-dealkylation sites (N-methyl/N-ethyl adjacent to an activating group) is 1. The van der Waals surface area contributed by atoms with Gasteiger partial charge in [0.2, 0.25) is 11.8 Å². The summed E-state index contributed by atoms with van der Waals surface area (Å²) in [6.45, 7) is 1.40. The van der Waals surface area contributed by atoms with E-state index in [-0.39, 0.29) is 29.4 Å². The molecule has 3 aliphatic rings. The number of aliphatic hydroxyl groups excluding tert-OH is 1. The topological polar surface area (TPSA) is 141 Å². The second-order valence-corrected chi connectivity index (χ2v) is 15.6. The van der Waals surface area contributed by atoms with Crippen molar-refractivity contribution in [1.82, 2.24) is 23.0 Å². The molecule has 3 aliphatic heterocycles. The van der Waals surface area contributed by atoms with E-state index in [0.717, 1.165) is 8.28 Å². The lowest BCUT2D eigenvalue weighted by atomic mass is 9.86. The molecular formula is C28H32ClN5O7S2. The van der Waals surface area contributed by atoms with Gasteiger partial charge in [-0.1, -0.05) is 29.8 Å². The number of piperidine rings is 1. The Kier molecular flexibility index (Phi) is 7.18. The lowest BCUT2D eigenvalue weighted by Gasteiger charge is -2.50. The highest BCUT2D eigenvalue weighted by molar-refractivity contribution is 7.92. The fraction of sp³-hybridized carbons (Fsp3) is 0.429. The molecule has 1 atom stereocenters. The van der Waals surface area contributed by atoms with Crippen LogP contribution in [0.15, 0.2) is 64.5 Å². The van der Waals surface area contributed by atoms with Crippen LogP contribution in [-0.2, 0) is 29.6 Å². The van der Waals surface area contributed by atoms with E-state index in [0.29, 0.717) is 36.3 Å². The number of amides is 2. The number of nitrogens with zero attached hydrogens (tertiary/aromatic N) is 5. The van der Waals surface area contributed by atoms with Gasteiger partial charge >= 0.3 is 0 Å². The van der Waals surface area contributed by atoms with Crippen molar-refractivity contribution >= 4 is 54.4 Å². The van der Waals surface area contributed by atoms with Gasteiger partial charge in [-0.3, -0.25) is 14.5 Å². The maximum Gasteiger partial charge on any atom is 0.269 e. The molecular weight excluding hydrogens is 618 g/mol. The average Bonchev–Trinajstić information content (AvgIpc) is 3.49. The normalized spacial score (nSPS) is 23.3. The van der Waals surface area contributed by atoms with E-state index in [1.807, 2.05) is 4.90 Å². The SMILES string of the molecule is CC(=O)N1CCC2(CC1)CN1C(=O)CN(S(=O)(=O)c3cc4cc(Cl)ccc4n3S(=O)(=O)c3ccccc3)CC1(CO)N2C. The van der Waals surface area contributed by atoms with Crippen LogP contribution in [-0.4, -0.2) is 114 Å². The van der Waals surface area contributed by atoms with Crippen LogP contribution in [0.2, 0.25) is 5.02 Å². The molecule has 1 N–H and O–H groups in total. The predicted molar refractivity (Wildman–Crippen MR) is 158 cm³/mol. The van der Waals surface area contributed by atoms with Gasteiger partial charge in [0, 0.05) is 42.5 Å². The number of fused-ring (bicyclic) bond motifs is 2. The van der Waals surface area contributed by atoms with Crippen molar-refractivity contribution < 1.29 is 31.5 Å². The fourth-order valence-electron chi connectivity index (χ4n) is 6.79. The zero-order valence-corrected chi connectivity index (χ0v) is 26.1. The Labute approximate surface area is 255 Å². The minimum atomic E-state index is -4.63. The zero-order chi connectivity index (χ0) is 30.9. The monoisotopic (exact) mass is 649 g/mol. The van der Waals surface area contributed by atoms with Crippen LogP contribution in [0.25, 0.3) is 10.9 Å². The third-order valence-electron chi connectivity index (χ3n) is 9.30. The quantitative estimate of drug-likeness (QED) is 0.437. The van der Waals surface area contributed by atoms with Gasteiger partial charge in [-0.15, -0.1) is 0 Å². The maximum absolute atomic E-state index is 14.4. The summed E-state index contributed by atoms with van der Waals surface area (Å²) in [6, 6.07) is 13.1. The molecule has 0 bridgehead atoms. The first kappa shape index (κ1) is 30.0. The first-order chi connectivity index (χ1) is 20.3. The largest absolute Gasteiger partial charge is 0.392 e. The molecule has 230 valence electrons. The predicted octanol–water partition coefficient (Wildman–Crippen LogP) is 1.38. The van der Waals surface area contributed by atoms with Gasteiger partial charge in [0.15, 0.2) is 5.03 Å². The molecule has 12 nitrogen and oxygen atoms in total. The molecule has 4 heterocycles. The Balaban J connectivity index is 1.44. The number of hydrogen-bond acceptors (Lipinski definition) is 8. The number of sulfonamides is 1. The minimum Gasteiger partial charge on any atom is -0.392 e. The molecule has 1 spiro atoms. The fourth-order valence-corrected chi connectivity index (χ4v) is 10.5. The number of benzene rings is 2. The summed E-state index contributed by atoms with van der Waals surface area (Å²) in [5.41, 5.74) is -1.83. The summed E-state index contributed by atoms with van der Waals surface area (Å²) in [6.07, 6.45) is 1.09. The second kappa shape index (κ2) is 10.3. The van der Waals surface area contributed by atoms with Gasteiger partial charge in [0.1, 0.15) is 5.66 Å². The molecule has 2 aromatic carbocycles. The van der Waals surface area contributed by atoms with E-state index < -0.39 is 55.3 Å². The Hall–Kier alpha value is -3.01. The summed E-state index contributed by atoms with van der Waals surface area (Å²) in [7, 11) is -7.27. The maximum atomic E-state index is 14.4. The molecule has 3 saturated heterocycles. The number of likely N-dealkylation sites (tertiary alicyclic amines) is 1. The van der Waals surface area contributed by atoms with Crippen molar-refractivity contribution in [2.45, 2.75) is 40.9 Å². The molecule has 6 rings (SSSR count). The van der Waals surface area contributed by atoms with Crippen molar-refractivity contribution in [1.29, 1.82) is 0 Å². The molecule has 2 amide bonds. The van der Waals surface area contributed by atoms with Crippen LogP contribution in [0.1, 0.15) is 19.8 Å². The lowest BCUT2D eigenvalue weighted by molar-refractivity contribution is -0.151. The lowest BCUT2D eigenvalue weighted by Crippen LogP contribution is -2.70. The van der Waals surface area contributed by atoms with E-state index in [1.165, 1.54) is 43.3 Å². The van der Waals surface area contributed by atoms with Crippen molar-refractivity contribution in [3.8, 4) is 0 Å². The molecule has 1 aromatic heterocycles. The van der Waals surface area contributed by atoms with Gasteiger partial charge < -0.3 is 14.9 Å². The van der Waals surface area contributed by atoms with Crippen LogP contribution in [0.4, 0.5) is 0 Å². The first-order valence-electron chi connectivity index (χ1n) is 13.8. The summed E-state index contributed by atoms with van der Waals surface area (Å²) in [5.74, 6) is -0.543. The molecule has 1 unspecified atom stereocenters. The summed E-state index contributed by atoms with van der Waals surface area (Å²) >= 11 is 6.18. The molecule has 43 heavy (non-hydrogen) atoms. The van der Waals surface area contributed by atoms with Gasteiger partial charge in [0.25, 0.3) is 20.0 Å². The standard InChI is InChI=1S/C28H32ClN5O7S2/c1-20(36)31-12-10-27(11-13-31)17-33-25(37)16-32(18-28(33,19-35)30(27)2)43(40,41)26-15-21-14-22(29)8-9-24(21)34(26)42(38,39)23-6-4-3-5-7-23/h3-9,14-15,35H,10-13,16-19H2,1-2H3. The third kappa shape index (κ3) is 4.49. The van der Waals surface area contributed by atoms with Gasteiger partial charge in [-0.05, 0) is 56.3 Å². The molecule has 3 fully saturated rings. The van der Waals surface area contributed by atoms with Crippen molar-refractivity contribution in [3.05, 3.63) is 59.6 Å². The molecule has 15 heteroatoms. The van der Waals surface area contributed by atoms with E-state index in [2.05, 4.69) is 0 Å². The number of aromatic nitrogens is 1. The Morgan fingerprint density at radius 1 is 0.977 bits per heavy atom. The molecule has 0 aliphatic carbocycles. The first-order valence-corrected chi connectivity index (χ1v) is 17.1. The average molecular weight is 650 g/mol. The van der Waals surface area contributed by atoms with Crippen LogP contribution in [0, 0.1) is 0 Å². The van der Waals surface area contributed by atoms with E-state index >= 15 is 0 Å². The van der Waals surface area contributed by atoms with Crippen LogP contribution in [0.3, 0.4) is 0 Å². The highest BCUT2D eigenvalue weighted by Gasteiger charge is 2.63. The molecule has 0 saturated carbocycles. The minimum absolute atomic E-state index is 0.0411.